The molecule has 0 saturated heterocycles. The first-order valence-electron chi connectivity index (χ1n) is 4.40. The van der Waals surface area contributed by atoms with E-state index in [9.17, 15) is 9.59 Å². The Morgan fingerprint density at radius 1 is 1.38 bits per heavy atom. The molecule has 70 valence electrons. The van der Waals surface area contributed by atoms with E-state index in [0.29, 0.717) is 11.6 Å². The van der Waals surface area contributed by atoms with E-state index in [-0.39, 0.29) is 11.2 Å². The van der Waals surface area contributed by atoms with Crippen molar-refractivity contribution in [1.29, 1.82) is 0 Å². The molecule has 1 aliphatic carbocycles. The summed E-state index contributed by atoms with van der Waals surface area (Å²) in [5.74, 6) is 0. The fourth-order valence-electron chi connectivity index (χ4n) is 1.46. The standard InChI is InChI=1S/C9H12N2O2/c1-6-5-11(7-3-4-7)9(13)10(2)8(6)12/h5,7H,3-4H2,1-2H3. The van der Waals surface area contributed by atoms with Crippen molar-refractivity contribution in [2.75, 3.05) is 0 Å². The second-order valence-electron chi connectivity index (χ2n) is 3.60. The van der Waals surface area contributed by atoms with E-state index < -0.39 is 0 Å². The SMILES string of the molecule is Cc1cn(C2CC2)c(=O)n(C)c1=O. The van der Waals surface area contributed by atoms with Crippen LogP contribution in [0.1, 0.15) is 24.4 Å². The zero-order valence-corrected chi connectivity index (χ0v) is 7.78. The van der Waals surface area contributed by atoms with E-state index in [1.807, 2.05) is 0 Å². The molecule has 0 aromatic carbocycles. The Labute approximate surface area is 75.4 Å². The third kappa shape index (κ3) is 1.22. The largest absolute Gasteiger partial charge is 0.330 e. The number of aromatic nitrogens is 2. The highest BCUT2D eigenvalue weighted by Crippen LogP contribution is 2.32. The lowest BCUT2D eigenvalue weighted by molar-refractivity contribution is 0.610. The first-order chi connectivity index (χ1) is 6.11. The molecule has 13 heavy (non-hydrogen) atoms. The lowest BCUT2D eigenvalue weighted by atomic mass is 10.4. The number of hydrogen-bond acceptors (Lipinski definition) is 2. The summed E-state index contributed by atoms with van der Waals surface area (Å²) in [5, 5.41) is 0. The third-order valence-electron chi connectivity index (χ3n) is 2.42. The highest BCUT2D eigenvalue weighted by atomic mass is 16.2. The molecule has 4 heteroatoms. The predicted octanol–water partition coefficient (Wildman–Crippen LogP) is 0.190. The van der Waals surface area contributed by atoms with Crippen LogP contribution in [0.4, 0.5) is 0 Å². The van der Waals surface area contributed by atoms with E-state index in [0.717, 1.165) is 12.8 Å². The lowest BCUT2D eigenvalue weighted by Crippen LogP contribution is -2.38. The van der Waals surface area contributed by atoms with Gasteiger partial charge in [-0.25, -0.2) is 4.79 Å². The van der Waals surface area contributed by atoms with Gasteiger partial charge in [-0.1, -0.05) is 0 Å². The van der Waals surface area contributed by atoms with Crippen molar-refractivity contribution in [3.63, 3.8) is 0 Å². The van der Waals surface area contributed by atoms with Crippen molar-refractivity contribution in [3.05, 3.63) is 32.6 Å². The van der Waals surface area contributed by atoms with E-state index in [1.54, 1.807) is 17.7 Å². The van der Waals surface area contributed by atoms with Crippen LogP contribution in [0.25, 0.3) is 0 Å². The summed E-state index contributed by atoms with van der Waals surface area (Å²) in [6, 6.07) is 0.331. The average Bonchev–Trinajstić information content (AvgIpc) is 2.91. The molecule has 1 aromatic rings. The Bertz CT molecular complexity index is 452. The Balaban J connectivity index is 2.72. The summed E-state index contributed by atoms with van der Waals surface area (Å²) in [6.07, 6.45) is 3.78. The van der Waals surface area contributed by atoms with Gasteiger partial charge in [0.25, 0.3) is 5.56 Å². The normalized spacial score (nSPS) is 16.2. The molecule has 2 rings (SSSR count). The van der Waals surface area contributed by atoms with Crippen molar-refractivity contribution >= 4 is 0 Å². The van der Waals surface area contributed by atoms with Gasteiger partial charge in [-0.3, -0.25) is 13.9 Å². The summed E-state index contributed by atoms with van der Waals surface area (Å²) in [6.45, 7) is 1.74. The number of hydrogen-bond donors (Lipinski definition) is 0. The van der Waals surface area contributed by atoms with Crippen LogP contribution >= 0.6 is 0 Å². The van der Waals surface area contributed by atoms with Crippen LogP contribution in [-0.2, 0) is 7.05 Å². The zero-order valence-electron chi connectivity index (χ0n) is 7.78. The fourth-order valence-corrected chi connectivity index (χ4v) is 1.46. The summed E-state index contributed by atoms with van der Waals surface area (Å²) in [4.78, 5) is 22.9. The quantitative estimate of drug-likeness (QED) is 0.619. The molecule has 1 fully saturated rings. The highest BCUT2D eigenvalue weighted by molar-refractivity contribution is 5.04. The van der Waals surface area contributed by atoms with Gasteiger partial charge in [-0.05, 0) is 19.8 Å². The van der Waals surface area contributed by atoms with E-state index in [1.165, 1.54) is 11.6 Å². The molecule has 1 aliphatic rings. The van der Waals surface area contributed by atoms with Crippen molar-refractivity contribution in [1.82, 2.24) is 9.13 Å². The molecule has 0 radical (unpaired) electrons. The van der Waals surface area contributed by atoms with Gasteiger partial charge >= 0.3 is 5.69 Å². The van der Waals surface area contributed by atoms with Gasteiger partial charge in [0.2, 0.25) is 0 Å². The maximum Gasteiger partial charge on any atom is 0.330 e. The number of nitrogens with zero attached hydrogens (tertiary/aromatic N) is 2. The van der Waals surface area contributed by atoms with E-state index in [4.69, 9.17) is 0 Å². The van der Waals surface area contributed by atoms with Gasteiger partial charge < -0.3 is 0 Å². The minimum absolute atomic E-state index is 0.193. The molecule has 0 N–H and O–H groups in total. The molecule has 0 unspecified atom stereocenters. The minimum Gasteiger partial charge on any atom is -0.297 e. The predicted molar refractivity (Wildman–Crippen MR) is 49.0 cm³/mol. The second-order valence-corrected chi connectivity index (χ2v) is 3.60. The van der Waals surface area contributed by atoms with Crippen LogP contribution < -0.4 is 11.2 Å². The van der Waals surface area contributed by atoms with Gasteiger partial charge in [-0.2, -0.15) is 0 Å². The molecular weight excluding hydrogens is 168 g/mol. The number of rotatable bonds is 1. The third-order valence-corrected chi connectivity index (χ3v) is 2.42. The van der Waals surface area contributed by atoms with E-state index >= 15 is 0 Å². The van der Waals surface area contributed by atoms with Crippen LogP contribution in [0, 0.1) is 6.92 Å². The summed E-state index contributed by atoms with van der Waals surface area (Å²) in [7, 11) is 1.52. The molecule has 4 nitrogen and oxygen atoms in total. The minimum atomic E-state index is -0.196. The van der Waals surface area contributed by atoms with Crippen molar-refractivity contribution in [2.45, 2.75) is 25.8 Å². The zero-order chi connectivity index (χ0) is 9.59. The first-order valence-corrected chi connectivity index (χ1v) is 4.40. The van der Waals surface area contributed by atoms with Crippen molar-refractivity contribution in [2.24, 2.45) is 7.05 Å². The van der Waals surface area contributed by atoms with Gasteiger partial charge in [0, 0.05) is 24.8 Å². The molecule has 0 spiro atoms. The molecule has 0 bridgehead atoms. The first kappa shape index (κ1) is 8.29. The highest BCUT2D eigenvalue weighted by Gasteiger charge is 2.25. The topological polar surface area (TPSA) is 44.0 Å². The van der Waals surface area contributed by atoms with Crippen molar-refractivity contribution in [3.8, 4) is 0 Å². The van der Waals surface area contributed by atoms with Gasteiger partial charge in [0.1, 0.15) is 0 Å². The van der Waals surface area contributed by atoms with E-state index in [2.05, 4.69) is 0 Å². The van der Waals surface area contributed by atoms with Gasteiger partial charge in [-0.15, -0.1) is 0 Å². The van der Waals surface area contributed by atoms with Crippen LogP contribution in [0.2, 0.25) is 0 Å². The molecule has 0 aliphatic heterocycles. The summed E-state index contributed by atoms with van der Waals surface area (Å²) < 4.78 is 2.84. The Hall–Kier alpha value is -1.32. The molecule has 0 atom stereocenters. The van der Waals surface area contributed by atoms with Gasteiger partial charge in [0.05, 0.1) is 0 Å². The summed E-state index contributed by atoms with van der Waals surface area (Å²) in [5.41, 5.74) is 0.244. The average molecular weight is 180 g/mol. The Morgan fingerprint density at radius 3 is 2.54 bits per heavy atom. The van der Waals surface area contributed by atoms with Crippen LogP contribution in [0.5, 0.6) is 0 Å². The molecule has 1 aromatic heterocycles. The molecular formula is C9H12N2O2. The smallest absolute Gasteiger partial charge is 0.297 e. The van der Waals surface area contributed by atoms with Crippen LogP contribution in [-0.4, -0.2) is 9.13 Å². The number of aryl methyl sites for hydroxylation is 1. The maximum atomic E-state index is 11.5. The van der Waals surface area contributed by atoms with Gasteiger partial charge in [0.15, 0.2) is 0 Å². The molecule has 1 heterocycles. The lowest BCUT2D eigenvalue weighted by Gasteiger charge is -2.06. The molecule has 1 saturated carbocycles. The Morgan fingerprint density at radius 2 is 2.00 bits per heavy atom. The molecule has 0 amide bonds. The summed E-state index contributed by atoms with van der Waals surface area (Å²) >= 11 is 0. The van der Waals surface area contributed by atoms with Crippen LogP contribution in [0.15, 0.2) is 15.8 Å². The van der Waals surface area contributed by atoms with Crippen molar-refractivity contribution < 1.29 is 0 Å². The monoisotopic (exact) mass is 180 g/mol. The second kappa shape index (κ2) is 2.58. The fraction of sp³-hybridized carbons (Fsp3) is 0.556. The maximum absolute atomic E-state index is 11.5. The van der Waals surface area contributed by atoms with Crippen LogP contribution in [0.3, 0.4) is 0 Å². The Kier molecular flexibility index (Phi) is 1.65.